The number of likely N-dealkylation sites (tertiary alicyclic amines) is 1. The summed E-state index contributed by atoms with van der Waals surface area (Å²) in [6.45, 7) is 5.53. The van der Waals surface area contributed by atoms with Crippen molar-refractivity contribution in [3.63, 3.8) is 0 Å². The van der Waals surface area contributed by atoms with Crippen LogP contribution in [0.2, 0.25) is 0 Å². The Morgan fingerprint density at radius 2 is 2.16 bits per heavy atom. The number of rotatable bonds is 4. The van der Waals surface area contributed by atoms with Crippen LogP contribution in [0.1, 0.15) is 36.1 Å². The van der Waals surface area contributed by atoms with Gasteiger partial charge in [-0.1, -0.05) is 0 Å². The highest BCUT2D eigenvalue weighted by Gasteiger charge is 2.22. The summed E-state index contributed by atoms with van der Waals surface area (Å²) < 4.78 is 7.13. The van der Waals surface area contributed by atoms with E-state index in [1.807, 2.05) is 18.9 Å². The molecule has 1 atom stereocenters. The molecule has 2 N–H and O–H groups in total. The quantitative estimate of drug-likeness (QED) is 0.907. The number of carbonyl (C=O) groups excluding carboxylic acids is 1. The van der Waals surface area contributed by atoms with E-state index in [2.05, 4.69) is 17.0 Å². The summed E-state index contributed by atoms with van der Waals surface area (Å²) in [4.78, 5) is 19.1. The highest BCUT2D eigenvalue weighted by molar-refractivity contribution is 5.86. The SMILES string of the molecule is COc1nn(C)c2nc(C)c(CCC(=O)N3CCCC(N)C3)c(C)c12. The van der Waals surface area contributed by atoms with Crippen molar-refractivity contribution in [3.8, 4) is 5.88 Å². The van der Waals surface area contributed by atoms with Gasteiger partial charge in [0.1, 0.15) is 0 Å². The van der Waals surface area contributed by atoms with Crippen molar-refractivity contribution in [1.29, 1.82) is 0 Å². The molecular formula is C18H27N5O2. The van der Waals surface area contributed by atoms with E-state index >= 15 is 0 Å². The monoisotopic (exact) mass is 345 g/mol. The maximum atomic E-state index is 12.5. The molecule has 2 aromatic rings. The van der Waals surface area contributed by atoms with Crippen LogP contribution >= 0.6 is 0 Å². The van der Waals surface area contributed by atoms with Crippen LogP contribution in [0.3, 0.4) is 0 Å². The Balaban J connectivity index is 1.82. The van der Waals surface area contributed by atoms with Crippen LogP contribution in [0.15, 0.2) is 0 Å². The fraction of sp³-hybridized carbons (Fsp3) is 0.611. The molecule has 3 rings (SSSR count). The number of piperidine rings is 1. The smallest absolute Gasteiger partial charge is 0.242 e. The summed E-state index contributed by atoms with van der Waals surface area (Å²) >= 11 is 0. The van der Waals surface area contributed by atoms with Gasteiger partial charge in [0.15, 0.2) is 5.65 Å². The molecule has 0 aliphatic carbocycles. The zero-order chi connectivity index (χ0) is 18.1. The van der Waals surface area contributed by atoms with Crippen LogP contribution in [0.4, 0.5) is 0 Å². The van der Waals surface area contributed by atoms with Crippen molar-refractivity contribution in [3.05, 3.63) is 16.8 Å². The van der Waals surface area contributed by atoms with Crippen LogP contribution < -0.4 is 10.5 Å². The van der Waals surface area contributed by atoms with Crippen LogP contribution in [-0.2, 0) is 18.3 Å². The van der Waals surface area contributed by atoms with Gasteiger partial charge in [0.05, 0.1) is 12.5 Å². The van der Waals surface area contributed by atoms with E-state index in [1.54, 1.807) is 11.8 Å². The van der Waals surface area contributed by atoms with Gasteiger partial charge < -0.3 is 15.4 Å². The Kier molecular flexibility index (Phi) is 4.94. The molecule has 1 saturated heterocycles. The molecule has 7 heteroatoms. The topological polar surface area (TPSA) is 86.3 Å². The third-order valence-corrected chi connectivity index (χ3v) is 5.12. The number of aryl methyl sites for hydroxylation is 3. The molecule has 3 heterocycles. The number of pyridine rings is 1. The normalized spacial score (nSPS) is 18.0. The van der Waals surface area contributed by atoms with E-state index < -0.39 is 0 Å². The van der Waals surface area contributed by atoms with E-state index in [0.717, 1.165) is 47.2 Å². The first-order valence-electron chi connectivity index (χ1n) is 8.82. The lowest BCUT2D eigenvalue weighted by molar-refractivity contribution is -0.132. The predicted molar refractivity (Wildman–Crippen MR) is 96.6 cm³/mol. The number of nitrogens with two attached hydrogens (primary N) is 1. The van der Waals surface area contributed by atoms with Crippen LogP contribution in [0, 0.1) is 13.8 Å². The molecule has 1 unspecified atom stereocenters. The van der Waals surface area contributed by atoms with Gasteiger partial charge in [-0.3, -0.25) is 4.79 Å². The molecule has 0 saturated carbocycles. The Morgan fingerprint density at radius 1 is 1.40 bits per heavy atom. The van der Waals surface area contributed by atoms with Gasteiger partial charge in [-0.2, -0.15) is 0 Å². The third-order valence-electron chi connectivity index (χ3n) is 5.12. The molecule has 1 aliphatic rings. The second kappa shape index (κ2) is 7.00. The number of ether oxygens (including phenoxy) is 1. The third kappa shape index (κ3) is 3.33. The highest BCUT2D eigenvalue weighted by Crippen LogP contribution is 2.30. The van der Waals surface area contributed by atoms with Crippen LogP contribution in [0.25, 0.3) is 11.0 Å². The second-order valence-corrected chi connectivity index (χ2v) is 6.87. The van der Waals surface area contributed by atoms with E-state index in [9.17, 15) is 4.79 Å². The standard InChI is InChI=1S/C18H27N5O2/c1-11-14(7-8-15(24)23-9-5-6-13(19)10-23)12(2)20-17-16(11)18(25-4)21-22(17)3/h13H,5-10,19H2,1-4H3. The average Bonchev–Trinajstić information content (AvgIpc) is 2.90. The molecule has 25 heavy (non-hydrogen) atoms. The molecular weight excluding hydrogens is 318 g/mol. The first-order valence-corrected chi connectivity index (χ1v) is 8.82. The van der Waals surface area contributed by atoms with Gasteiger partial charge in [-0.05, 0) is 44.2 Å². The van der Waals surface area contributed by atoms with E-state index in [-0.39, 0.29) is 11.9 Å². The molecule has 0 spiro atoms. The maximum absolute atomic E-state index is 12.5. The van der Waals surface area contributed by atoms with Crippen molar-refractivity contribution in [2.24, 2.45) is 12.8 Å². The first kappa shape index (κ1) is 17.7. The van der Waals surface area contributed by atoms with Gasteiger partial charge >= 0.3 is 0 Å². The van der Waals surface area contributed by atoms with Crippen molar-refractivity contribution in [2.75, 3.05) is 20.2 Å². The number of aromatic nitrogens is 3. The summed E-state index contributed by atoms with van der Waals surface area (Å²) in [5.74, 6) is 0.754. The Hall–Kier alpha value is -2.15. The van der Waals surface area contributed by atoms with E-state index in [0.29, 0.717) is 25.3 Å². The van der Waals surface area contributed by atoms with Crippen molar-refractivity contribution in [2.45, 2.75) is 45.6 Å². The molecule has 0 aromatic carbocycles. The molecule has 0 bridgehead atoms. The Labute approximate surface area is 148 Å². The maximum Gasteiger partial charge on any atom is 0.242 e. The van der Waals surface area contributed by atoms with Gasteiger partial charge in [0.2, 0.25) is 11.8 Å². The Bertz CT molecular complexity index is 799. The molecule has 7 nitrogen and oxygen atoms in total. The fourth-order valence-electron chi connectivity index (χ4n) is 3.73. The summed E-state index contributed by atoms with van der Waals surface area (Å²) in [7, 11) is 3.48. The number of nitrogens with zero attached hydrogens (tertiary/aromatic N) is 4. The largest absolute Gasteiger partial charge is 0.479 e. The lowest BCUT2D eigenvalue weighted by atomic mass is 9.99. The highest BCUT2D eigenvalue weighted by atomic mass is 16.5. The first-order chi connectivity index (χ1) is 11.9. The molecule has 0 radical (unpaired) electrons. The van der Waals surface area contributed by atoms with Crippen LogP contribution in [-0.4, -0.2) is 51.8 Å². The molecule has 1 aliphatic heterocycles. The summed E-state index contributed by atoms with van der Waals surface area (Å²) in [6.07, 6.45) is 3.14. The zero-order valence-corrected chi connectivity index (χ0v) is 15.5. The number of fused-ring (bicyclic) bond motifs is 1. The minimum atomic E-state index is 0.110. The predicted octanol–water partition coefficient (Wildman–Crippen LogP) is 1.48. The lowest BCUT2D eigenvalue weighted by Crippen LogP contribution is -2.45. The van der Waals surface area contributed by atoms with Crippen molar-refractivity contribution >= 4 is 16.9 Å². The van der Waals surface area contributed by atoms with Gasteiger partial charge in [0, 0.05) is 38.3 Å². The minimum Gasteiger partial charge on any atom is -0.479 e. The number of amides is 1. The number of methoxy groups -OCH3 is 1. The fourth-order valence-corrected chi connectivity index (χ4v) is 3.73. The lowest BCUT2D eigenvalue weighted by Gasteiger charge is -2.31. The second-order valence-electron chi connectivity index (χ2n) is 6.87. The number of carbonyl (C=O) groups is 1. The van der Waals surface area contributed by atoms with Crippen molar-refractivity contribution in [1.82, 2.24) is 19.7 Å². The van der Waals surface area contributed by atoms with E-state index in [4.69, 9.17) is 10.5 Å². The summed E-state index contributed by atoms with van der Waals surface area (Å²) in [5, 5.41) is 5.30. The van der Waals surface area contributed by atoms with Gasteiger partial charge in [-0.15, -0.1) is 5.10 Å². The number of hydrogen-bond donors (Lipinski definition) is 1. The molecule has 1 fully saturated rings. The molecule has 136 valence electrons. The number of hydrogen-bond acceptors (Lipinski definition) is 5. The average molecular weight is 345 g/mol. The molecule has 1 amide bonds. The van der Waals surface area contributed by atoms with E-state index in [1.165, 1.54) is 0 Å². The van der Waals surface area contributed by atoms with Gasteiger partial charge in [-0.25, -0.2) is 9.67 Å². The minimum absolute atomic E-state index is 0.110. The summed E-state index contributed by atoms with van der Waals surface area (Å²) in [6, 6.07) is 0.110. The van der Waals surface area contributed by atoms with Crippen molar-refractivity contribution < 1.29 is 9.53 Å². The van der Waals surface area contributed by atoms with Crippen LogP contribution in [0.5, 0.6) is 5.88 Å². The summed E-state index contributed by atoms with van der Waals surface area (Å²) in [5.41, 5.74) is 9.94. The molecule has 2 aromatic heterocycles. The Morgan fingerprint density at radius 3 is 2.84 bits per heavy atom. The van der Waals surface area contributed by atoms with Gasteiger partial charge in [0.25, 0.3) is 0 Å². The zero-order valence-electron chi connectivity index (χ0n) is 15.5.